The largest absolute Gasteiger partial charge is 0.295 e. The highest BCUT2D eigenvalue weighted by atomic mass is 35.5. The molecule has 0 amide bonds. The summed E-state index contributed by atoms with van der Waals surface area (Å²) in [5, 5.41) is 0.185. The maximum Gasteiger partial charge on any atom is 0.142 e. The Morgan fingerprint density at radius 3 is 2.58 bits per heavy atom. The number of rotatable bonds is 5. The van der Waals surface area contributed by atoms with Crippen molar-refractivity contribution in [2.45, 2.75) is 44.7 Å². The van der Waals surface area contributed by atoms with Gasteiger partial charge in [-0.1, -0.05) is 36.9 Å². The third-order valence-electron chi connectivity index (χ3n) is 3.83. The van der Waals surface area contributed by atoms with Gasteiger partial charge in [0, 0.05) is 25.0 Å². The van der Waals surface area contributed by atoms with Gasteiger partial charge in [0.2, 0.25) is 0 Å². The van der Waals surface area contributed by atoms with Gasteiger partial charge in [-0.05, 0) is 30.5 Å². The molecule has 4 heteroatoms. The van der Waals surface area contributed by atoms with Crippen molar-refractivity contribution in [1.82, 2.24) is 4.90 Å². The van der Waals surface area contributed by atoms with Gasteiger partial charge in [0.15, 0.2) is 0 Å². The third-order valence-corrected chi connectivity index (χ3v) is 4.31. The maximum absolute atomic E-state index is 13.5. The highest BCUT2D eigenvalue weighted by Gasteiger charge is 2.20. The summed E-state index contributed by atoms with van der Waals surface area (Å²) in [6.07, 6.45) is 6.37. The van der Waals surface area contributed by atoms with E-state index in [1.165, 1.54) is 38.2 Å². The lowest BCUT2D eigenvalue weighted by Gasteiger charge is -2.34. The maximum atomic E-state index is 13.5. The Labute approximate surface area is 124 Å². The zero-order valence-electron chi connectivity index (χ0n) is 11.0. The minimum atomic E-state index is -0.339. The van der Waals surface area contributed by atoms with Gasteiger partial charge in [0.1, 0.15) is 5.82 Å². The van der Waals surface area contributed by atoms with Crippen LogP contribution in [0.15, 0.2) is 18.2 Å². The molecular formula is C15H20Cl2FN. The first-order valence-electron chi connectivity index (χ1n) is 6.94. The van der Waals surface area contributed by atoms with Gasteiger partial charge >= 0.3 is 0 Å². The van der Waals surface area contributed by atoms with Crippen molar-refractivity contribution in [3.8, 4) is 0 Å². The molecular weight excluding hydrogens is 284 g/mol. The first kappa shape index (κ1) is 15.1. The van der Waals surface area contributed by atoms with E-state index in [2.05, 4.69) is 4.90 Å². The molecule has 0 heterocycles. The minimum Gasteiger partial charge on any atom is -0.295 e. The molecule has 0 unspecified atom stereocenters. The SMILES string of the molecule is Fc1cc(CN(CCCl)C2CCCCC2)ccc1Cl. The average molecular weight is 304 g/mol. The van der Waals surface area contributed by atoms with E-state index >= 15 is 0 Å². The summed E-state index contributed by atoms with van der Waals surface area (Å²) in [4.78, 5) is 2.38. The second-order valence-electron chi connectivity index (χ2n) is 5.20. The quantitative estimate of drug-likeness (QED) is 0.703. The van der Waals surface area contributed by atoms with E-state index in [1.54, 1.807) is 6.07 Å². The van der Waals surface area contributed by atoms with Crippen LogP contribution in [0.4, 0.5) is 4.39 Å². The Morgan fingerprint density at radius 1 is 1.21 bits per heavy atom. The zero-order chi connectivity index (χ0) is 13.7. The smallest absolute Gasteiger partial charge is 0.142 e. The highest BCUT2D eigenvalue weighted by Crippen LogP contribution is 2.25. The number of nitrogens with zero attached hydrogens (tertiary/aromatic N) is 1. The molecule has 1 aromatic rings. The molecule has 0 aliphatic heterocycles. The first-order chi connectivity index (χ1) is 9.20. The van der Waals surface area contributed by atoms with Crippen molar-refractivity contribution < 1.29 is 4.39 Å². The molecule has 0 radical (unpaired) electrons. The molecule has 0 saturated heterocycles. The first-order valence-corrected chi connectivity index (χ1v) is 7.86. The van der Waals surface area contributed by atoms with Crippen molar-refractivity contribution in [3.63, 3.8) is 0 Å². The molecule has 0 atom stereocenters. The molecule has 1 aliphatic rings. The molecule has 0 N–H and O–H groups in total. The monoisotopic (exact) mass is 303 g/mol. The predicted octanol–water partition coefficient (Wildman–Crippen LogP) is 4.85. The van der Waals surface area contributed by atoms with Crippen LogP contribution >= 0.6 is 23.2 Å². The summed E-state index contributed by atoms with van der Waals surface area (Å²) < 4.78 is 13.5. The van der Waals surface area contributed by atoms with Crippen LogP contribution in [0.5, 0.6) is 0 Å². The topological polar surface area (TPSA) is 3.24 Å². The van der Waals surface area contributed by atoms with Crippen LogP contribution in [0.25, 0.3) is 0 Å². The zero-order valence-corrected chi connectivity index (χ0v) is 12.6. The van der Waals surface area contributed by atoms with E-state index < -0.39 is 0 Å². The minimum absolute atomic E-state index is 0.185. The van der Waals surface area contributed by atoms with Gasteiger partial charge in [-0.15, -0.1) is 11.6 Å². The van der Waals surface area contributed by atoms with E-state index in [0.29, 0.717) is 11.9 Å². The summed E-state index contributed by atoms with van der Waals surface area (Å²) in [5.41, 5.74) is 0.970. The van der Waals surface area contributed by atoms with E-state index in [0.717, 1.165) is 18.7 Å². The Balaban J connectivity index is 2.04. The van der Waals surface area contributed by atoms with E-state index in [-0.39, 0.29) is 10.8 Å². The lowest BCUT2D eigenvalue weighted by Crippen LogP contribution is -2.37. The Hall–Kier alpha value is -0.310. The van der Waals surface area contributed by atoms with Crippen LogP contribution in [-0.2, 0) is 6.54 Å². The fourth-order valence-electron chi connectivity index (χ4n) is 2.82. The number of hydrogen-bond donors (Lipinski definition) is 0. The average Bonchev–Trinajstić information content (AvgIpc) is 2.43. The van der Waals surface area contributed by atoms with Gasteiger partial charge < -0.3 is 0 Å². The molecule has 2 rings (SSSR count). The van der Waals surface area contributed by atoms with Crippen molar-refractivity contribution in [1.29, 1.82) is 0 Å². The van der Waals surface area contributed by atoms with Crippen molar-refractivity contribution in [2.75, 3.05) is 12.4 Å². The van der Waals surface area contributed by atoms with E-state index in [4.69, 9.17) is 23.2 Å². The van der Waals surface area contributed by atoms with Gasteiger partial charge in [-0.3, -0.25) is 4.90 Å². The molecule has 1 aromatic carbocycles. The van der Waals surface area contributed by atoms with Crippen LogP contribution in [0.1, 0.15) is 37.7 Å². The van der Waals surface area contributed by atoms with Crippen LogP contribution in [0.2, 0.25) is 5.02 Å². The van der Waals surface area contributed by atoms with Gasteiger partial charge in [-0.2, -0.15) is 0 Å². The summed E-state index contributed by atoms with van der Waals surface area (Å²) in [6.45, 7) is 1.61. The lowest BCUT2D eigenvalue weighted by molar-refractivity contribution is 0.157. The molecule has 0 aromatic heterocycles. The summed E-state index contributed by atoms with van der Waals surface area (Å²) in [6, 6.07) is 5.65. The molecule has 1 saturated carbocycles. The number of hydrogen-bond acceptors (Lipinski definition) is 1. The predicted molar refractivity (Wildman–Crippen MR) is 79.4 cm³/mol. The number of benzene rings is 1. The van der Waals surface area contributed by atoms with Crippen LogP contribution < -0.4 is 0 Å². The van der Waals surface area contributed by atoms with E-state index in [1.807, 2.05) is 6.07 Å². The normalized spacial score (nSPS) is 17.1. The van der Waals surface area contributed by atoms with Crippen molar-refractivity contribution in [3.05, 3.63) is 34.6 Å². The fourth-order valence-corrected chi connectivity index (χ4v) is 3.15. The molecule has 0 spiro atoms. The second-order valence-corrected chi connectivity index (χ2v) is 5.98. The summed E-state index contributed by atoms with van der Waals surface area (Å²) >= 11 is 11.6. The molecule has 106 valence electrons. The number of alkyl halides is 1. The highest BCUT2D eigenvalue weighted by molar-refractivity contribution is 6.30. The third kappa shape index (κ3) is 4.34. The number of halogens is 3. The second kappa shape index (κ2) is 7.47. The van der Waals surface area contributed by atoms with Crippen LogP contribution in [0.3, 0.4) is 0 Å². The summed E-state index contributed by atoms with van der Waals surface area (Å²) in [5.74, 6) is 0.278. The fraction of sp³-hybridized carbons (Fsp3) is 0.600. The summed E-state index contributed by atoms with van der Waals surface area (Å²) in [7, 11) is 0. The standard InChI is InChI=1S/C15H20Cl2FN/c16-8-9-19(13-4-2-1-3-5-13)11-12-6-7-14(17)15(18)10-12/h6-7,10,13H,1-5,8-9,11H2. The van der Waals surface area contributed by atoms with Crippen LogP contribution in [0, 0.1) is 5.82 Å². The van der Waals surface area contributed by atoms with Gasteiger partial charge in [0.05, 0.1) is 5.02 Å². The molecule has 1 fully saturated rings. The Morgan fingerprint density at radius 2 is 1.95 bits per heavy atom. The van der Waals surface area contributed by atoms with Crippen molar-refractivity contribution >= 4 is 23.2 Å². The Bertz CT molecular complexity index is 405. The molecule has 1 nitrogen and oxygen atoms in total. The Kier molecular flexibility index (Phi) is 5.93. The molecule has 19 heavy (non-hydrogen) atoms. The van der Waals surface area contributed by atoms with Gasteiger partial charge in [0.25, 0.3) is 0 Å². The van der Waals surface area contributed by atoms with Crippen LogP contribution in [-0.4, -0.2) is 23.4 Å². The molecule has 1 aliphatic carbocycles. The van der Waals surface area contributed by atoms with E-state index in [9.17, 15) is 4.39 Å². The lowest BCUT2D eigenvalue weighted by atomic mass is 9.94. The molecule has 0 bridgehead atoms. The van der Waals surface area contributed by atoms with Crippen molar-refractivity contribution in [2.24, 2.45) is 0 Å². The van der Waals surface area contributed by atoms with Gasteiger partial charge in [-0.25, -0.2) is 4.39 Å².